The summed E-state index contributed by atoms with van der Waals surface area (Å²) in [6.45, 7) is 7.71. The van der Waals surface area contributed by atoms with Crippen molar-refractivity contribution in [2.24, 2.45) is 11.3 Å². The van der Waals surface area contributed by atoms with Gasteiger partial charge >= 0.3 is 0 Å². The quantitative estimate of drug-likeness (QED) is 0.804. The summed E-state index contributed by atoms with van der Waals surface area (Å²) in [7, 11) is 0. The highest BCUT2D eigenvalue weighted by Crippen LogP contribution is 2.49. The molecule has 2 atom stereocenters. The number of rotatable bonds is 1. The van der Waals surface area contributed by atoms with Crippen molar-refractivity contribution in [1.82, 2.24) is 0 Å². The number of hydrogen-bond donors (Lipinski definition) is 1. The van der Waals surface area contributed by atoms with Crippen LogP contribution in [0, 0.1) is 29.9 Å². The third-order valence-corrected chi connectivity index (χ3v) is 4.13. The fourth-order valence-corrected chi connectivity index (χ4v) is 3.74. The maximum Gasteiger partial charge on any atom is 0.165 e. The molecule has 0 bridgehead atoms. The Morgan fingerprint density at radius 1 is 1.16 bits per heavy atom. The first-order chi connectivity index (χ1) is 8.65. The van der Waals surface area contributed by atoms with Crippen molar-refractivity contribution in [3.8, 4) is 0 Å². The van der Waals surface area contributed by atoms with Crippen molar-refractivity contribution in [3.63, 3.8) is 0 Å². The van der Waals surface area contributed by atoms with E-state index in [0.29, 0.717) is 12.8 Å². The highest BCUT2D eigenvalue weighted by Gasteiger charge is 2.44. The highest BCUT2D eigenvalue weighted by molar-refractivity contribution is 5.30. The van der Waals surface area contributed by atoms with Crippen LogP contribution in [0.3, 0.4) is 0 Å². The van der Waals surface area contributed by atoms with Crippen molar-refractivity contribution in [1.29, 1.82) is 0 Å². The van der Waals surface area contributed by atoms with Crippen molar-refractivity contribution >= 4 is 0 Å². The van der Waals surface area contributed by atoms with E-state index < -0.39 is 17.2 Å². The number of aliphatic hydroxyl groups is 1. The molecule has 1 N–H and O–H groups in total. The van der Waals surface area contributed by atoms with Gasteiger partial charge in [-0.3, -0.25) is 0 Å². The lowest BCUT2D eigenvalue weighted by Crippen LogP contribution is -2.40. The van der Waals surface area contributed by atoms with E-state index in [1.807, 2.05) is 6.92 Å². The summed E-state index contributed by atoms with van der Waals surface area (Å²) in [6, 6.07) is 3.07. The zero-order valence-corrected chi connectivity index (χ0v) is 12.1. The average molecular weight is 268 g/mol. The minimum absolute atomic E-state index is 0.0692. The predicted octanol–water partition coefficient (Wildman–Crippen LogP) is 4.31. The van der Waals surface area contributed by atoms with E-state index >= 15 is 0 Å². The Morgan fingerprint density at radius 2 is 1.79 bits per heavy atom. The standard InChI is InChI=1S/C16H22F2O/c1-10-7-15(3,4)9-16(19,8-10)12-6-5-11(2)13(17)14(12)18/h5-6,10,19H,7-9H2,1-4H3. The molecule has 19 heavy (non-hydrogen) atoms. The molecule has 0 aromatic heterocycles. The summed E-state index contributed by atoms with van der Waals surface area (Å²) >= 11 is 0. The van der Waals surface area contributed by atoms with Crippen LogP contribution >= 0.6 is 0 Å². The Hall–Kier alpha value is -0.960. The minimum atomic E-state index is -1.26. The Labute approximate surface area is 113 Å². The molecule has 0 saturated heterocycles. The molecule has 0 spiro atoms. The molecule has 1 aliphatic carbocycles. The Balaban J connectivity index is 2.48. The SMILES string of the molecule is Cc1ccc(C2(O)CC(C)CC(C)(C)C2)c(F)c1F. The van der Waals surface area contributed by atoms with Crippen LogP contribution in [0.1, 0.15) is 51.2 Å². The smallest absolute Gasteiger partial charge is 0.165 e. The number of hydrogen-bond acceptors (Lipinski definition) is 1. The van der Waals surface area contributed by atoms with Gasteiger partial charge in [0, 0.05) is 5.56 Å². The second-order valence-corrected chi connectivity index (χ2v) is 6.94. The van der Waals surface area contributed by atoms with E-state index in [1.165, 1.54) is 19.1 Å². The topological polar surface area (TPSA) is 20.2 Å². The molecular formula is C16H22F2O. The van der Waals surface area contributed by atoms with Gasteiger partial charge in [0.15, 0.2) is 11.6 Å². The van der Waals surface area contributed by atoms with Gasteiger partial charge in [-0.25, -0.2) is 8.78 Å². The zero-order chi connectivity index (χ0) is 14.4. The molecule has 1 nitrogen and oxygen atoms in total. The maximum absolute atomic E-state index is 14.1. The highest BCUT2D eigenvalue weighted by atomic mass is 19.2. The monoisotopic (exact) mass is 268 g/mol. The van der Waals surface area contributed by atoms with Crippen LogP contribution in [0.5, 0.6) is 0 Å². The summed E-state index contributed by atoms with van der Waals surface area (Å²) in [5.74, 6) is -1.45. The first-order valence-corrected chi connectivity index (χ1v) is 6.82. The van der Waals surface area contributed by atoms with Gasteiger partial charge in [0.1, 0.15) is 0 Å². The molecule has 2 unspecified atom stereocenters. The van der Waals surface area contributed by atoms with Crippen LogP contribution < -0.4 is 0 Å². The van der Waals surface area contributed by atoms with Crippen molar-refractivity contribution in [3.05, 3.63) is 34.9 Å². The average Bonchev–Trinajstić information content (AvgIpc) is 2.22. The molecule has 0 heterocycles. The molecule has 106 valence electrons. The molecule has 3 heteroatoms. The Morgan fingerprint density at radius 3 is 2.37 bits per heavy atom. The van der Waals surface area contributed by atoms with Crippen LogP contribution in [0.25, 0.3) is 0 Å². The summed E-state index contributed by atoms with van der Waals surface area (Å²) in [6.07, 6.45) is 1.94. The van der Waals surface area contributed by atoms with E-state index in [9.17, 15) is 13.9 Å². The molecule has 1 aromatic rings. The van der Waals surface area contributed by atoms with Gasteiger partial charge in [-0.1, -0.05) is 32.9 Å². The van der Waals surface area contributed by atoms with Gasteiger partial charge in [-0.15, -0.1) is 0 Å². The van der Waals surface area contributed by atoms with Crippen LogP contribution in [0.2, 0.25) is 0 Å². The van der Waals surface area contributed by atoms with E-state index in [0.717, 1.165) is 6.42 Å². The van der Waals surface area contributed by atoms with Crippen molar-refractivity contribution in [2.45, 2.75) is 52.6 Å². The first-order valence-electron chi connectivity index (χ1n) is 6.82. The van der Waals surface area contributed by atoms with Crippen LogP contribution in [0.15, 0.2) is 12.1 Å². The molecule has 0 amide bonds. The lowest BCUT2D eigenvalue weighted by molar-refractivity contribution is -0.0660. The third kappa shape index (κ3) is 2.66. The molecular weight excluding hydrogens is 246 g/mol. The number of halogens is 2. The molecule has 1 saturated carbocycles. The Bertz CT molecular complexity index is 496. The minimum Gasteiger partial charge on any atom is -0.385 e. The normalized spacial score (nSPS) is 30.4. The largest absolute Gasteiger partial charge is 0.385 e. The number of benzene rings is 1. The first kappa shape index (κ1) is 14.4. The Kier molecular flexibility index (Phi) is 3.46. The predicted molar refractivity (Wildman–Crippen MR) is 71.8 cm³/mol. The van der Waals surface area contributed by atoms with E-state index in [2.05, 4.69) is 13.8 Å². The van der Waals surface area contributed by atoms with Crippen LogP contribution in [-0.4, -0.2) is 5.11 Å². The molecule has 1 aliphatic rings. The lowest BCUT2D eigenvalue weighted by Gasteiger charge is -2.45. The summed E-state index contributed by atoms with van der Waals surface area (Å²) in [5, 5.41) is 10.8. The summed E-state index contributed by atoms with van der Waals surface area (Å²) in [5.41, 5.74) is -0.955. The van der Waals surface area contributed by atoms with Crippen molar-refractivity contribution < 1.29 is 13.9 Å². The molecule has 1 fully saturated rings. The molecule has 0 aliphatic heterocycles. The van der Waals surface area contributed by atoms with Gasteiger partial charge in [-0.05, 0) is 43.1 Å². The maximum atomic E-state index is 14.1. The van der Waals surface area contributed by atoms with Gasteiger partial charge in [0.05, 0.1) is 5.60 Å². The second-order valence-electron chi connectivity index (χ2n) is 6.94. The fraction of sp³-hybridized carbons (Fsp3) is 0.625. The van der Waals surface area contributed by atoms with Gasteiger partial charge < -0.3 is 5.11 Å². The van der Waals surface area contributed by atoms with Crippen LogP contribution in [0.4, 0.5) is 8.78 Å². The van der Waals surface area contributed by atoms with E-state index in [-0.39, 0.29) is 22.5 Å². The van der Waals surface area contributed by atoms with E-state index in [4.69, 9.17) is 0 Å². The number of aryl methyl sites for hydroxylation is 1. The summed E-state index contributed by atoms with van der Waals surface area (Å²) < 4.78 is 27.9. The third-order valence-electron chi connectivity index (χ3n) is 4.13. The van der Waals surface area contributed by atoms with Crippen LogP contribution in [-0.2, 0) is 5.60 Å². The van der Waals surface area contributed by atoms with Gasteiger partial charge in [0.25, 0.3) is 0 Å². The summed E-state index contributed by atoms with van der Waals surface area (Å²) in [4.78, 5) is 0. The molecule has 0 radical (unpaired) electrons. The second kappa shape index (κ2) is 4.55. The molecule has 1 aromatic carbocycles. The zero-order valence-electron chi connectivity index (χ0n) is 12.1. The van der Waals surface area contributed by atoms with E-state index in [1.54, 1.807) is 0 Å². The lowest BCUT2D eigenvalue weighted by atomic mass is 9.64. The fourth-order valence-electron chi connectivity index (χ4n) is 3.74. The van der Waals surface area contributed by atoms with Gasteiger partial charge in [-0.2, -0.15) is 0 Å². The van der Waals surface area contributed by atoms with Crippen molar-refractivity contribution in [2.75, 3.05) is 0 Å². The van der Waals surface area contributed by atoms with Gasteiger partial charge in [0.2, 0.25) is 0 Å². The molecule has 2 rings (SSSR count).